The van der Waals surface area contributed by atoms with Crippen LogP contribution in [0.15, 0.2) is 58.4 Å². The maximum Gasteiger partial charge on any atom is 0.240 e. The number of aliphatic imine (C=N–C) groups is 1. The fourth-order valence-corrected chi connectivity index (χ4v) is 4.10. The highest BCUT2D eigenvalue weighted by Gasteiger charge is 2.21. The number of nitrogens with one attached hydrogen (secondary N) is 2. The first-order valence-electron chi connectivity index (χ1n) is 10.0. The number of rotatable bonds is 6. The standard InChI is InChI=1S/C21H29N5O3S/c1-3-23-21(24-16-17-8-10-18(11-9-17)30(28,29)22-2)26-14-12-25(13-15-26)19-6-4-5-7-20(19)27/h4-11,22,27H,3,12-16H2,1-2H3,(H,23,24). The lowest BCUT2D eigenvalue weighted by atomic mass is 10.2. The van der Waals surface area contributed by atoms with E-state index in [0.717, 1.165) is 49.9 Å². The number of nitrogens with zero attached hydrogens (tertiary/aromatic N) is 3. The Kier molecular flexibility index (Phi) is 7.17. The van der Waals surface area contributed by atoms with E-state index in [0.29, 0.717) is 12.3 Å². The largest absolute Gasteiger partial charge is 0.506 e. The highest BCUT2D eigenvalue weighted by Crippen LogP contribution is 2.27. The van der Waals surface area contributed by atoms with Crippen molar-refractivity contribution in [2.24, 2.45) is 4.99 Å². The average molecular weight is 432 g/mol. The van der Waals surface area contributed by atoms with E-state index < -0.39 is 10.0 Å². The van der Waals surface area contributed by atoms with Crippen LogP contribution in [0, 0.1) is 0 Å². The Bertz CT molecular complexity index is 968. The summed E-state index contributed by atoms with van der Waals surface area (Å²) in [6.45, 7) is 6.42. The summed E-state index contributed by atoms with van der Waals surface area (Å²) in [6, 6.07) is 14.2. The summed E-state index contributed by atoms with van der Waals surface area (Å²) in [5, 5.41) is 13.4. The Hall–Kier alpha value is -2.78. The van der Waals surface area contributed by atoms with Gasteiger partial charge in [-0.1, -0.05) is 24.3 Å². The molecule has 3 rings (SSSR count). The van der Waals surface area contributed by atoms with Crippen LogP contribution < -0.4 is 14.9 Å². The monoisotopic (exact) mass is 431 g/mol. The molecule has 9 heteroatoms. The maximum absolute atomic E-state index is 11.8. The van der Waals surface area contributed by atoms with Crippen molar-refractivity contribution in [1.29, 1.82) is 0 Å². The Balaban J connectivity index is 1.65. The van der Waals surface area contributed by atoms with Crippen molar-refractivity contribution >= 4 is 21.7 Å². The van der Waals surface area contributed by atoms with Crippen LogP contribution >= 0.6 is 0 Å². The van der Waals surface area contributed by atoms with Gasteiger partial charge in [-0.25, -0.2) is 18.1 Å². The van der Waals surface area contributed by atoms with Gasteiger partial charge >= 0.3 is 0 Å². The van der Waals surface area contributed by atoms with E-state index >= 15 is 0 Å². The Labute approximate surface area is 178 Å². The predicted octanol–water partition coefficient (Wildman–Crippen LogP) is 1.59. The molecule has 1 saturated heterocycles. The molecule has 162 valence electrons. The molecule has 0 unspecified atom stereocenters. The van der Waals surface area contributed by atoms with Gasteiger partial charge in [0.05, 0.1) is 17.1 Å². The van der Waals surface area contributed by atoms with Crippen LogP contribution in [0.4, 0.5) is 5.69 Å². The van der Waals surface area contributed by atoms with Crippen molar-refractivity contribution in [3.05, 3.63) is 54.1 Å². The van der Waals surface area contributed by atoms with Crippen LogP contribution in [-0.2, 0) is 16.6 Å². The second-order valence-electron chi connectivity index (χ2n) is 6.98. The molecule has 2 aromatic carbocycles. The summed E-state index contributed by atoms with van der Waals surface area (Å²) < 4.78 is 26.0. The predicted molar refractivity (Wildman–Crippen MR) is 119 cm³/mol. The molecule has 0 radical (unpaired) electrons. The summed E-state index contributed by atoms with van der Waals surface area (Å²) >= 11 is 0. The number of sulfonamides is 1. The quantitative estimate of drug-likeness (QED) is 0.475. The number of guanidine groups is 1. The highest BCUT2D eigenvalue weighted by atomic mass is 32.2. The first-order valence-corrected chi connectivity index (χ1v) is 11.5. The number of hydrogen-bond acceptors (Lipinski definition) is 5. The van der Waals surface area contributed by atoms with Gasteiger partial charge in [-0.2, -0.15) is 0 Å². The van der Waals surface area contributed by atoms with E-state index in [-0.39, 0.29) is 4.90 Å². The minimum atomic E-state index is -3.43. The summed E-state index contributed by atoms with van der Waals surface area (Å²) in [7, 11) is -2.03. The van der Waals surface area contributed by atoms with Crippen molar-refractivity contribution in [2.45, 2.75) is 18.4 Å². The minimum Gasteiger partial charge on any atom is -0.506 e. The number of hydrogen-bond donors (Lipinski definition) is 3. The molecule has 0 aromatic heterocycles. The first kappa shape index (κ1) is 21.9. The Morgan fingerprint density at radius 3 is 2.33 bits per heavy atom. The van der Waals surface area contributed by atoms with Gasteiger partial charge in [0.15, 0.2) is 5.96 Å². The number of phenols is 1. The second-order valence-corrected chi connectivity index (χ2v) is 8.87. The molecule has 30 heavy (non-hydrogen) atoms. The number of benzene rings is 2. The number of piperazine rings is 1. The molecule has 1 aliphatic rings. The number of phenolic OH excluding ortho intramolecular Hbond substituents is 1. The molecular weight excluding hydrogens is 402 g/mol. The third kappa shape index (κ3) is 5.22. The van der Waals surface area contributed by atoms with E-state index in [2.05, 4.69) is 19.8 Å². The van der Waals surface area contributed by atoms with Crippen molar-refractivity contribution in [3.8, 4) is 5.75 Å². The molecule has 0 aliphatic carbocycles. The van der Waals surface area contributed by atoms with E-state index in [1.807, 2.05) is 25.1 Å². The molecule has 0 spiro atoms. The lowest BCUT2D eigenvalue weighted by Crippen LogP contribution is -2.52. The SMILES string of the molecule is CCNC(=NCc1ccc(S(=O)(=O)NC)cc1)N1CCN(c2ccccc2O)CC1. The highest BCUT2D eigenvalue weighted by molar-refractivity contribution is 7.89. The summed E-state index contributed by atoms with van der Waals surface area (Å²) in [4.78, 5) is 9.36. The fraction of sp³-hybridized carbons (Fsp3) is 0.381. The lowest BCUT2D eigenvalue weighted by molar-refractivity contribution is 0.369. The van der Waals surface area contributed by atoms with Gasteiger partial charge in [0, 0.05) is 32.7 Å². The zero-order valence-electron chi connectivity index (χ0n) is 17.4. The van der Waals surface area contributed by atoms with Crippen LogP contribution in [0.3, 0.4) is 0 Å². The molecule has 0 atom stereocenters. The molecule has 0 saturated carbocycles. The van der Waals surface area contributed by atoms with Crippen LogP contribution in [0.1, 0.15) is 12.5 Å². The summed E-state index contributed by atoms with van der Waals surface area (Å²) in [6.07, 6.45) is 0. The molecule has 1 fully saturated rings. The van der Waals surface area contributed by atoms with E-state index in [1.165, 1.54) is 7.05 Å². The molecule has 2 aromatic rings. The zero-order valence-corrected chi connectivity index (χ0v) is 18.2. The van der Waals surface area contributed by atoms with Crippen LogP contribution in [0.5, 0.6) is 5.75 Å². The van der Waals surface area contributed by atoms with Crippen molar-refractivity contribution in [2.75, 3.05) is 44.7 Å². The zero-order chi connectivity index (χ0) is 21.6. The van der Waals surface area contributed by atoms with Gasteiger partial charge in [0.25, 0.3) is 0 Å². The van der Waals surface area contributed by atoms with E-state index in [4.69, 9.17) is 4.99 Å². The van der Waals surface area contributed by atoms with Crippen LogP contribution in [-0.4, -0.2) is 64.2 Å². The minimum absolute atomic E-state index is 0.241. The van der Waals surface area contributed by atoms with Gasteiger partial charge in [-0.05, 0) is 43.8 Å². The van der Waals surface area contributed by atoms with Crippen molar-refractivity contribution in [3.63, 3.8) is 0 Å². The molecule has 0 bridgehead atoms. The molecule has 3 N–H and O–H groups in total. The van der Waals surface area contributed by atoms with Crippen LogP contribution in [0.2, 0.25) is 0 Å². The third-order valence-corrected chi connectivity index (χ3v) is 6.48. The van der Waals surface area contributed by atoms with Crippen LogP contribution in [0.25, 0.3) is 0 Å². The number of aromatic hydroxyl groups is 1. The van der Waals surface area contributed by atoms with Gasteiger partial charge in [0.1, 0.15) is 5.75 Å². The average Bonchev–Trinajstić information content (AvgIpc) is 2.77. The maximum atomic E-state index is 11.8. The number of para-hydroxylation sites is 2. The Morgan fingerprint density at radius 2 is 1.73 bits per heavy atom. The van der Waals surface area contributed by atoms with E-state index in [9.17, 15) is 13.5 Å². The molecular formula is C21H29N5O3S. The van der Waals surface area contributed by atoms with Crippen molar-refractivity contribution in [1.82, 2.24) is 14.9 Å². The van der Waals surface area contributed by atoms with Crippen molar-refractivity contribution < 1.29 is 13.5 Å². The Morgan fingerprint density at radius 1 is 1.07 bits per heavy atom. The van der Waals surface area contributed by atoms with Gasteiger partial charge in [-0.15, -0.1) is 0 Å². The molecule has 8 nitrogen and oxygen atoms in total. The molecule has 1 heterocycles. The van der Waals surface area contributed by atoms with Gasteiger partial charge in [-0.3, -0.25) is 0 Å². The fourth-order valence-electron chi connectivity index (χ4n) is 3.37. The third-order valence-electron chi connectivity index (χ3n) is 5.05. The normalized spacial score (nSPS) is 15.3. The summed E-state index contributed by atoms with van der Waals surface area (Å²) in [5.41, 5.74) is 1.80. The number of anilines is 1. The van der Waals surface area contributed by atoms with Gasteiger partial charge < -0.3 is 20.2 Å². The molecule has 1 aliphatic heterocycles. The first-order chi connectivity index (χ1) is 14.4. The summed E-state index contributed by atoms with van der Waals surface area (Å²) in [5.74, 6) is 1.14. The smallest absolute Gasteiger partial charge is 0.240 e. The van der Waals surface area contributed by atoms with E-state index in [1.54, 1.807) is 30.3 Å². The molecule has 0 amide bonds. The van der Waals surface area contributed by atoms with Gasteiger partial charge in [0.2, 0.25) is 10.0 Å². The second kappa shape index (κ2) is 9.82. The topological polar surface area (TPSA) is 97.3 Å². The lowest BCUT2D eigenvalue weighted by Gasteiger charge is -2.37.